The molecule has 6 aromatic rings. The number of rotatable bonds is 10. The molecule has 2 nitrogen and oxygen atoms in total. The van der Waals surface area contributed by atoms with E-state index in [1.807, 2.05) is 0 Å². The van der Waals surface area contributed by atoms with Crippen molar-refractivity contribution in [2.45, 2.75) is 130 Å². The van der Waals surface area contributed by atoms with Gasteiger partial charge in [-0.15, -0.1) is 0 Å². The second-order valence-corrected chi connectivity index (χ2v) is 27.6. The van der Waals surface area contributed by atoms with Crippen molar-refractivity contribution in [2.24, 2.45) is 0 Å². The summed E-state index contributed by atoms with van der Waals surface area (Å²) < 4.78 is 17.0. The normalized spacial score (nSPS) is 12.1. The molecule has 0 saturated heterocycles. The average Bonchev–Trinajstić information content (AvgIpc) is 3.05. The minimum Gasteiger partial charge on any atom is -0.514 e. The van der Waals surface area contributed by atoms with E-state index in [1.54, 1.807) is 0 Å². The second-order valence-electron chi connectivity index (χ2n) is 18.8. The highest BCUT2D eigenvalue weighted by Gasteiger charge is 2.54. The van der Waals surface area contributed by atoms with Gasteiger partial charge in [-0.05, 0) is 223 Å². The van der Waals surface area contributed by atoms with Gasteiger partial charge in [-0.2, -0.15) is 0 Å². The number of benzene rings is 6. The third-order valence-corrected chi connectivity index (χ3v) is 27.3. The molecule has 0 aromatic heterocycles. The van der Waals surface area contributed by atoms with Gasteiger partial charge >= 0.3 is 14.8 Å². The van der Waals surface area contributed by atoms with E-state index >= 15 is 0 Å². The Morgan fingerprint density at radius 2 is 0.367 bits per heavy atom. The van der Waals surface area contributed by atoms with Crippen LogP contribution in [0.2, 0.25) is 5.79 Å². The number of aryl methyl sites for hydroxylation is 18. The average molecular weight is 845 g/mol. The molecular weight excluding hydrogens is 776 g/mol. The molecule has 312 valence electrons. The largest absolute Gasteiger partial charge is 0.650 e. The molecule has 0 aliphatic rings. The fourth-order valence-corrected chi connectivity index (χ4v) is 28.5. The smallest absolute Gasteiger partial charge is 0.514 e. The molecule has 0 N–H and O–H groups in total. The van der Waals surface area contributed by atoms with Gasteiger partial charge in [0.25, 0.3) is 16.6 Å². The molecular formula is C55H69AlO2Si2. The lowest BCUT2D eigenvalue weighted by atomic mass is 10.1. The molecule has 6 rings (SSSR count). The van der Waals surface area contributed by atoms with Gasteiger partial charge in [0.05, 0.1) is 0 Å². The quantitative estimate of drug-likeness (QED) is 0.101. The van der Waals surface area contributed by atoms with Crippen molar-refractivity contribution in [1.29, 1.82) is 0 Å². The van der Waals surface area contributed by atoms with Crippen molar-refractivity contribution in [3.8, 4) is 0 Å². The van der Waals surface area contributed by atoms with Crippen LogP contribution in [0.4, 0.5) is 0 Å². The number of hydrogen-bond donors (Lipinski definition) is 0. The SMILES string of the molecule is Cc1cc(C)c([Si]([O][Al]([CH3])[O][Si](c2c(C)cc(C)cc2C)(c2c(C)cc(C)cc2C)c2c(C)cc(C)cc2C)(c2c(C)cc(C)cc2C)c2c(C)cc(C)cc2C)c(C)c1. The van der Waals surface area contributed by atoms with Gasteiger partial charge in [0.15, 0.2) is 0 Å². The highest BCUT2D eigenvalue weighted by Crippen LogP contribution is 2.28. The molecule has 0 atom stereocenters. The Kier molecular flexibility index (Phi) is 13.1. The monoisotopic (exact) mass is 844 g/mol. The van der Waals surface area contributed by atoms with E-state index in [2.05, 4.69) is 203 Å². The van der Waals surface area contributed by atoms with Gasteiger partial charge in [-0.1, -0.05) is 112 Å². The van der Waals surface area contributed by atoms with Crippen LogP contribution in [0, 0.1) is 125 Å². The molecule has 0 aliphatic heterocycles. The third kappa shape index (κ3) is 8.03. The first kappa shape index (κ1) is 45.7. The van der Waals surface area contributed by atoms with E-state index in [0.29, 0.717) is 0 Å². The fourth-order valence-electron chi connectivity index (χ4n) is 12.0. The molecule has 0 unspecified atom stereocenters. The Labute approximate surface area is 370 Å². The molecule has 0 amide bonds. The molecule has 0 heterocycles. The molecule has 5 heteroatoms. The van der Waals surface area contributed by atoms with Crippen LogP contribution in [0.3, 0.4) is 0 Å². The molecule has 0 fully saturated rings. The van der Waals surface area contributed by atoms with E-state index < -0.39 is 31.5 Å². The van der Waals surface area contributed by atoms with Crippen LogP contribution in [0.5, 0.6) is 0 Å². The van der Waals surface area contributed by atoms with E-state index in [-0.39, 0.29) is 0 Å². The minimum absolute atomic E-state index is 1.28. The highest BCUT2D eigenvalue weighted by molar-refractivity contribution is 7.13. The summed E-state index contributed by atoms with van der Waals surface area (Å²) in [5.41, 5.74) is 23.2. The maximum Gasteiger partial charge on any atom is 0.650 e. The van der Waals surface area contributed by atoms with E-state index in [1.165, 1.54) is 131 Å². The standard InChI is InChI=1S/2C27H33OSi.CH3.Al/c2*1-16-10-19(4)25(20(5)11-16)29(28,26-21(6)12-17(2)13-22(26)7)27-23(8)14-18(3)15-24(27)9;;/h2*10-15H,1-9H3;1H3;/q2*-1;;+2. The zero-order chi connectivity index (χ0) is 44.3. The van der Waals surface area contributed by atoms with Crippen LogP contribution in [0.25, 0.3) is 0 Å². The second kappa shape index (κ2) is 17.2. The Morgan fingerprint density at radius 3 is 0.483 bits per heavy atom. The van der Waals surface area contributed by atoms with Gasteiger partial charge in [-0.25, -0.2) is 0 Å². The zero-order valence-corrected chi connectivity index (χ0v) is 43.5. The predicted molar refractivity (Wildman–Crippen MR) is 267 cm³/mol. The Morgan fingerprint density at radius 1 is 0.250 bits per heavy atom. The molecule has 0 spiro atoms. The molecule has 0 bridgehead atoms. The first-order chi connectivity index (χ1) is 28.0. The molecule has 0 aliphatic carbocycles. The van der Waals surface area contributed by atoms with Crippen LogP contribution < -0.4 is 31.1 Å². The van der Waals surface area contributed by atoms with Crippen LogP contribution in [0.1, 0.15) is 100 Å². The van der Waals surface area contributed by atoms with Crippen molar-refractivity contribution >= 4 is 62.6 Å². The summed E-state index contributed by atoms with van der Waals surface area (Å²) in [4.78, 5) is 0. The topological polar surface area (TPSA) is 18.5 Å². The first-order valence-corrected chi connectivity index (χ1v) is 27.8. The Bertz CT molecular complexity index is 2070. The highest BCUT2D eigenvalue weighted by atomic mass is 28.4. The van der Waals surface area contributed by atoms with Gasteiger partial charge in [0.1, 0.15) is 0 Å². The molecule has 60 heavy (non-hydrogen) atoms. The summed E-state index contributed by atoms with van der Waals surface area (Å²) >= 11 is -2.67. The summed E-state index contributed by atoms with van der Waals surface area (Å²) in [5.74, 6) is 2.36. The van der Waals surface area contributed by atoms with Gasteiger partial charge in [-0.3, -0.25) is 0 Å². The maximum atomic E-state index is 8.52. The van der Waals surface area contributed by atoms with Crippen molar-refractivity contribution in [3.63, 3.8) is 0 Å². The molecule has 0 radical (unpaired) electrons. The predicted octanol–water partition coefficient (Wildman–Crippen LogP) is 10.0. The molecule has 6 aromatic carbocycles. The van der Waals surface area contributed by atoms with Crippen molar-refractivity contribution < 1.29 is 6.96 Å². The van der Waals surface area contributed by atoms with Crippen molar-refractivity contribution in [3.05, 3.63) is 173 Å². The van der Waals surface area contributed by atoms with Crippen LogP contribution in [0.15, 0.2) is 72.8 Å². The zero-order valence-electron chi connectivity index (χ0n) is 40.3. The fraction of sp³-hybridized carbons (Fsp3) is 0.345. The van der Waals surface area contributed by atoms with Crippen LogP contribution >= 0.6 is 0 Å². The van der Waals surface area contributed by atoms with Crippen molar-refractivity contribution in [2.75, 3.05) is 0 Å². The van der Waals surface area contributed by atoms with Crippen molar-refractivity contribution in [1.82, 2.24) is 0 Å². The first-order valence-electron chi connectivity index (χ1n) is 21.9. The van der Waals surface area contributed by atoms with E-state index in [0.717, 1.165) is 0 Å². The van der Waals surface area contributed by atoms with Gasteiger partial charge in [0.2, 0.25) is 0 Å². The third-order valence-electron chi connectivity index (χ3n) is 12.9. The maximum absolute atomic E-state index is 8.52. The minimum atomic E-state index is -3.38. The summed E-state index contributed by atoms with van der Waals surface area (Å²) in [6.45, 7) is 41.2. The molecule has 0 saturated carbocycles. The van der Waals surface area contributed by atoms with Crippen LogP contribution in [-0.4, -0.2) is 31.5 Å². The Hall–Kier alpha value is -3.79. The summed E-state index contributed by atoms with van der Waals surface area (Å²) in [6, 6.07) is 28.6. The number of hydrogen-bond acceptors (Lipinski definition) is 2. The summed E-state index contributed by atoms with van der Waals surface area (Å²) in [5, 5.41) is 8.18. The lowest BCUT2D eigenvalue weighted by Gasteiger charge is -2.45. The Balaban J connectivity index is 1.83. The summed E-state index contributed by atoms with van der Waals surface area (Å²) in [6.07, 6.45) is 0. The lowest BCUT2D eigenvalue weighted by Crippen LogP contribution is -2.77. The van der Waals surface area contributed by atoms with Gasteiger partial charge in [0, 0.05) is 0 Å². The van der Waals surface area contributed by atoms with Gasteiger partial charge < -0.3 is 6.96 Å². The van der Waals surface area contributed by atoms with Crippen LogP contribution in [-0.2, 0) is 6.96 Å². The van der Waals surface area contributed by atoms with E-state index in [9.17, 15) is 0 Å². The van der Waals surface area contributed by atoms with E-state index in [4.69, 9.17) is 6.96 Å². The lowest BCUT2D eigenvalue weighted by molar-refractivity contribution is 0.444. The summed E-state index contributed by atoms with van der Waals surface area (Å²) in [7, 11) is -6.75.